The first-order valence-electron chi connectivity index (χ1n) is 10.4. The van der Waals surface area contributed by atoms with E-state index < -0.39 is 12.0 Å². The number of imidazole rings is 1. The van der Waals surface area contributed by atoms with Crippen LogP contribution in [0.2, 0.25) is 0 Å². The molecule has 2 amide bonds. The molecule has 168 valence electrons. The number of urea groups is 1. The minimum Gasteiger partial charge on any atom is -0.465 e. The van der Waals surface area contributed by atoms with Crippen LogP contribution >= 0.6 is 0 Å². The summed E-state index contributed by atoms with van der Waals surface area (Å²) in [5.74, 6) is -0.758. The van der Waals surface area contributed by atoms with E-state index in [0.29, 0.717) is 12.1 Å². The fourth-order valence-corrected chi connectivity index (χ4v) is 3.55. The monoisotopic (exact) mass is 446 g/mol. The molecular weight excluding hydrogens is 423 g/mol. The zero-order valence-corrected chi connectivity index (χ0v) is 18.0. The summed E-state index contributed by atoms with van der Waals surface area (Å²) in [5.41, 5.74) is 3.84. The van der Waals surface area contributed by atoms with Crippen molar-refractivity contribution < 1.29 is 18.7 Å². The Morgan fingerprint density at radius 2 is 1.76 bits per heavy atom. The van der Waals surface area contributed by atoms with Crippen LogP contribution in [0.25, 0.3) is 11.0 Å². The zero-order valence-electron chi connectivity index (χ0n) is 18.0. The molecule has 0 bridgehead atoms. The predicted molar refractivity (Wildman–Crippen MR) is 122 cm³/mol. The Balaban J connectivity index is 1.46. The van der Waals surface area contributed by atoms with Gasteiger partial charge in [-0.15, -0.1) is 0 Å². The Bertz CT molecular complexity index is 1250. The molecule has 0 aliphatic carbocycles. The molecule has 0 saturated carbocycles. The third kappa shape index (κ3) is 5.35. The normalized spacial score (nSPS) is 11.7. The summed E-state index contributed by atoms with van der Waals surface area (Å²) >= 11 is 0. The van der Waals surface area contributed by atoms with Gasteiger partial charge in [-0.2, -0.15) is 0 Å². The molecule has 3 aromatic carbocycles. The lowest BCUT2D eigenvalue weighted by atomic mass is 10.1. The summed E-state index contributed by atoms with van der Waals surface area (Å²) in [7, 11) is 1.33. The topological polar surface area (TPSA) is 85.2 Å². The maximum absolute atomic E-state index is 13.5. The van der Waals surface area contributed by atoms with Gasteiger partial charge in [-0.1, -0.05) is 36.4 Å². The van der Waals surface area contributed by atoms with Gasteiger partial charge in [-0.3, -0.25) is 0 Å². The molecule has 33 heavy (non-hydrogen) atoms. The SMILES string of the molecule is COC(=O)c1ccc(CNC(=O)N[C@@H](Cn2cnc3ccccc32)c2ccc(F)cc2)cc1. The Kier molecular flexibility index (Phi) is 6.64. The molecule has 0 unspecified atom stereocenters. The Labute approximate surface area is 190 Å². The first-order valence-corrected chi connectivity index (χ1v) is 10.4. The van der Waals surface area contributed by atoms with Gasteiger partial charge in [0.25, 0.3) is 0 Å². The van der Waals surface area contributed by atoms with E-state index in [9.17, 15) is 14.0 Å². The number of aromatic nitrogens is 2. The van der Waals surface area contributed by atoms with E-state index in [1.807, 2.05) is 28.8 Å². The zero-order chi connectivity index (χ0) is 23.2. The van der Waals surface area contributed by atoms with Crippen molar-refractivity contribution >= 4 is 23.0 Å². The van der Waals surface area contributed by atoms with Crippen molar-refractivity contribution in [2.75, 3.05) is 7.11 Å². The van der Waals surface area contributed by atoms with Crippen LogP contribution in [0, 0.1) is 5.82 Å². The van der Waals surface area contributed by atoms with Crippen molar-refractivity contribution in [2.24, 2.45) is 0 Å². The Morgan fingerprint density at radius 1 is 1.03 bits per heavy atom. The van der Waals surface area contributed by atoms with Crippen LogP contribution in [0.5, 0.6) is 0 Å². The highest BCUT2D eigenvalue weighted by atomic mass is 19.1. The van der Waals surface area contributed by atoms with Crippen molar-refractivity contribution in [3.8, 4) is 0 Å². The van der Waals surface area contributed by atoms with E-state index in [0.717, 1.165) is 22.2 Å². The van der Waals surface area contributed by atoms with Gasteiger partial charge < -0.3 is 19.9 Å². The number of hydrogen-bond donors (Lipinski definition) is 2. The molecule has 1 aromatic heterocycles. The number of para-hydroxylation sites is 2. The first kappa shape index (κ1) is 22.0. The number of carbonyl (C=O) groups is 2. The van der Waals surface area contributed by atoms with Crippen LogP contribution < -0.4 is 10.6 Å². The second-order valence-electron chi connectivity index (χ2n) is 7.51. The van der Waals surface area contributed by atoms with Crippen molar-refractivity contribution in [1.29, 1.82) is 0 Å². The number of halogens is 1. The third-order valence-corrected chi connectivity index (χ3v) is 5.31. The molecule has 2 N–H and O–H groups in total. The van der Waals surface area contributed by atoms with Crippen molar-refractivity contribution in [2.45, 2.75) is 19.1 Å². The largest absolute Gasteiger partial charge is 0.465 e. The summed E-state index contributed by atoms with van der Waals surface area (Å²) in [5, 5.41) is 5.79. The quantitative estimate of drug-likeness (QED) is 0.417. The number of benzene rings is 3. The van der Waals surface area contributed by atoms with E-state index in [4.69, 9.17) is 0 Å². The second kappa shape index (κ2) is 9.95. The molecule has 0 saturated heterocycles. The highest BCUT2D eigenvalue weighted by Crippen LogP contribution is 2.20. The van der Waals surface area contributed by atoms with Gasteiger partial charge in [0.15, 0.2) is 0 Å². The van der Waals surface area contributed by atoms with Crippen LogP contribution in [-0.4, -0.2) is 28.7 Å². The molecule has 8 heteroatoms. The molecular formula is C25H23FN4O3. The second-order valence-corrected chi connectivity index (χ2v) is 7.51. The molecule has 0 spiro atoms. The Hall–Kier alpha value is -4.20. The van der Waals surface area contributed by atoms with Gasteiger partial charge >= 0.3 is 12.0 Å². The number of ether oxygens (including phenoxy) is 1. The summed E-state index contributed by atoms with van der Waals surface area (Å²) in [4.78, 5) is 28.6. The minimum absolute atomic E-state index is 0.275. The van der Waals surface area contributed by atoms with Crippen molar-refractivity contribution in [3.05, 3.63) is 102 Å². The first-order chi connectivity index (χ1) is 16.0. The lowest BCUT2D eigenvalue weighted by molar-refractivity contribution is 0.0600. The molecule has 4 aromatic rings. The number of hydrogen-bond acceptors (Lipinski definition) is 4. The van der Waals surface area contributed by atoms with E-state index >= 15 is 0 Å². The molecule has 1 atom stereocenters. The highest BCUT2D eigenvalue weighted by molar-refractivity contribution is 5.89. The molecule has 7 nitrogen and oxygen atoms in total. The highest BCUT2D eigenvalue weighted by Gasteiger charge is 2.17. The molecule has 0 aliphatic heterocycles. The molecule has 1 heterocycles. The number of methoxy groups -OCH3 is 1. The van der Waals surface area contributed by atoms with E-state index in [1.165, 1.54) is 19.2 Å². The molecule has 0 radical (unpaired) electrons. The standard InChI is InChI=1S/C25H23FN4O3/c1-33-24(31)19-8-6-17(7-9-19)14-27-25(32)29-22(18-10-12-20(26)13-11-18)15-30-16-28-21-4-2-3-5-23(21)30/h2-13,16,22H,14-15H2,1H3,(H2,27,29,32)/t22-/m0/s1. The van der Waals surface area contributed by atoms with Crippen LogP contribution in [0.1, 0.15) is 27.5 Å². The number of amides is 2. The number of esters is 1. The summed E-state index contributed by atoms with van der Waals surface area (Å²) in [6, 6.07) is 19.8. The summed E-state index contributed by atoms with van der Waals surface area (Å²) in [6.07, 6.45) is 1.73. The number of fused-ring (bicyclic) bond motifs is 1. The number of nitrogens with zero attached hydrogens (tertiary/aromatic N) is 2. The van der Waals surface area contributed by atoms with Crippen molar-refractivity contribution in [1.82, 2.24) is 20.2 Å². The molecule has 4 rings (SSSR count). The van der Waals surface area contributed by atoms with E-state index in [1.54, 1.807) is 42.7 Å². The van der Waals surface area contributed by atoms with Gasteiger partial charge in [0.05, 0.1) is 36.1 Å². The maximum Gasteiger partial charge on any atom is 0.337 e. The van der Waals surface area contributed by atoms with Gasteiger partial charge in [0.2, 0.25) is 0 Å². The fourth-order valence-electron chi connectivity index (χ4n) is 3.55. The van der Waals surface area contributed by atoms with E-state index in [-0.39, 0.29) is 18.4 Å². The predicted octanol–water partition coefficient (Wildman–Crippen LogP) is 4.20. The fraction of sp³-hybridized carbons (Fsp3) is 0.160. The average molecular weight is 446 g/mol. The third-order valence-electron chi connectivity index (χ3n) is 5.31. The Morgan fingerprint density at radius 3 is 2.48 bits per heavy atom. The smallest absolute Gasteiger partial charge is 0.337 e. The van der Waals surface area contributed by atoms with Crippen LogP contribution in [0.4, 0.5) is 9.18 Å². The van der Waals surface area contributed by atoms with Gasteiger partial charge in [0.1, 0.15) is 5.82 Å². The van der Waals surface area contributed by atoms with Crippen molar-refractivity contribution in [3.63, 3.8) is 0 Å². The summed E-state index contributed by atoms with van der Waals surface area (Å²) < 4.78 is 20.1. The van der Waals surface area contributed by atoms with Crippen LogP contribution in [0.3, 0.4) is 0 Å². The number of nitrogens with one attached hydrogen (secondary N) is 2. The lowest BCUT2D eigenvalue weighted by Crippen LogP contribution is -2.39. The van der Waals surface area contributed by atoms with Gasteiger partial charge in [-0.25, -0.2) is 19.0 Å². The van der Waals surface area contributed by atoms with E-state index in [2.05, 4.69) is 20.4 Å². The molecule has 0 fully saturated rings. The summed E-state index contributed by atoms with van der Waals surface area (Å²) in [6.45, 7) is 0.699. The van der Waals surface area contributed by atoms with Gasteiger partial charge in [0, 0.05) is 13.1 Å². The van der Waals surface area contributed by atoms with Gasteiger partial charge in [-0.05, 0) is 47.5 Å². The lowest BCUT2D eigenvalue weighted by Gasteiger charge is -2.21. The number of carbonyl (C=O) groups excluding carboxylic acids is 2. The maximum atomic E-state index is 13.5. The molecule has 0 aliphatic rings. The van der Waals surface area contributed by atoms with Crippen LogP contribution in [0.15, 0.2) is 79.1 Å². The minimum atomic E-state index is -0.415. The average Bonchev–Trinajstić information content (AvgIpc) is 3.25. The van der Waals surface area contributed by atoms with Crippen LogP contribution in [-0.2, 0) is 17.8 Å². The number of rotatable bonds is 7.